The van der Waals surface area contributed by atoms with E-state index < -0.39 is 47.9 Å². The van der Waals surface area contributed by atoms with Gasteiger partial charge in [-0.2, -0.15) is 22.5 Å². The van der Waals surface area contributed by atoms with Crippen LogP contribution in [0.15, 0.2) is 52.6 Å². The van der Waals surface area contributed by atoms with Crippen LogP contribution in [-0.4, -0.2) is 74.3 Å². The Morgan fingerprint density at radius 1 is 1.23 bits per heavy atom. The molecule has 0 aromatic carbocycles. The van der Waals surface area contributed by atoms with Crippen molar-refractivity contribution in [1.82, 2.24) is 24.5 Å². The van der Waals surface area contributed by atoms with Gasteiger partial charge in [-0.25, -0.2) is 4.98 Å². The van der Waals surface area contributed by atoms with Crippen molar-refractivity contribution in [2.45, 2.75) is 38.1 Å². The van der Waals surface area contributed by atoms with E-state index in [0.717, 1.165) is 11.8 Å². The van der Waals surface area contributed by atoms with Crippen molar-refractivity contribution in [2.75, 3.05) is 36.1 Å². The second kappa shape index (κ2) is 10.9. The van der Waals surface area contributed by atoms with Gasteiger partial charge in [0.1, 0.15) is 5.69 Å². The topological polar surface area (TPSA) is 126 Å². The summed E-state index contributed by atoms with van der Waals surface area (Å²) >= 11 is 0. The first kappa shape index (κ1) is 27.9. The highest BCUT2D eigenvalue weighted by Crippen LogP contribution is 2.43. The molecule has 2 aliphatic rings. The number of hydrogen-bond donors (Lipinski definition) is 1. The van der Waals surface area contributed by atoms with Crippen LogP contribution in [0.25, 0.3) is 0 Å². The number of morpholine rings is 1. The first-order valence-electron chi connectivity index (χ1n) is 11.9. The van der Waals surface area contributed by atoms with Crippen molar-refractivity contribution in [3.63, 3.8) is 0 Å². The number of nitrogens with one attached hydrogen (secondary N) is 1. The van der Waals surface area contributed by atoms with Crippen molar-refractivity contribution in [3.8, 4) is 0 Å². The van der Waals surface area contributed by atoms with Gasteiger partial charge in [-0.3, -0.25) is 23.9 Å². The van der Waals surface area contributed by atoms with Crippen LogP contribution in [0, 0.1) is 5.82 Å². The molecule has 3 aromatic heterocycles. The summed E-state index contributed by atoms with van der Waals surface area (Å²) in [5.41, 5.74) is -4.00. The summed E-state index contributed by atoms with van der Waals surface area (Å²) in [6.45, 7) is 1.70. The van der Waals surface area contributed by atoms with Gasteiger partial charge in [0.2, 0.25) is 11.8 Å². The monoisotopic (exact) mass is 551 g/mol. The number of pyridine rings is 1. The molecule has 2 aliphatic heterocycles. The number of fused-ring (bicyclic) bond motifs is 1. The lowest BCUT2D eigenvalue weighted by Gasteiger charge is -2.37. The Balaban J connectivity index is 0.000000438. The summed E-state index contributed by atoms with van der Waals surface area (Å²) in [6, 6.07) is 5.51. The van der Waals surface area contributed by atoms with Crippen LogP contribution in [0.2, 0.25) is 0 Å². The van der Waals surface area contributed by atoms with Crippen LogP contribution in [0.4, 0.5) is 29.3 Å². The van der Waals surface area contributed by atoms with Crippen LogP contribution >= 0.6 is 0 Å². The van der Waals surface area contributed by atoms with Gasteiger partial charge in [-0.05, 0) is 26.0 Å². The zero-order valence-corrected chi connectivity index (χ0v) is 21.0. The van der Waals surface area contributed by atoms with E-state index >= 15 is 0 Å². The van der Waals surface area contributed by atoms with E-state index in [1.165, 1.54) is 41.8 Å². The summed E-state index contributed by atoms with van der Waals surface area (Å²) in [7, 11) is 0. The van der Waals surface area contributed by atoms with Crippen molar-refractivity contribution in [2.24, 2.45) is 0 Å². The quantitative estimate of drug-likeness (QED) is 0.382. The SMILES string of the molecule is C[C@@H]1COCCN1c1nc2n(c(=O)c1F)C[C@@](C)(C(F)(F)F)N2CC(=O)c1ccccn1.O=c1ccnc[nH]1. The lowest BCUT2D eigenvalue weighted by atomic mass is 10.0. The second-order valence-electron chi connectivity index (χ2n) is 9.16. The van der Waals surface area contributed by atoms with Gasteiger partial charge in [0.25, 0.3) is 11.1 Å². The maximum Gasteiger partial charge on any atom is 0.413 e. The first-order valence-corrected chi connectivity index (χ1v) is 11.9. The molecule has 208 valence electrons. The minimum absolute atomic E-state index is 0.0260. The Morgan fingerprint density at radius 3 is 2.56 bits per heavy atom. The normalized spacial score (nSPS) is 20.7. The molecule has 1 fully saturated rings. The molecule has 5 rings (SSSR count). The molecule has 3 aromatic rings. The minimum atomic E-state index is -4.83. The molecular weight excluding hydrogens is 526 g/mol. The van der Waals surface area contributed by atoms with Gasteiger partial charge < -0.3 is 19.5 Å². The summed E-state index contributed by atoms with van der Waals surface area (Å²) < 4.78 is 63.3. The molecule has 0 aliphatic carbocycles. The molecule has 15 heteroatoms. The van der Waals surface area contributed by atoms with Gasteiger partial charge in [0, 0.05) is 25.0 Å². The standard InChI is InChI=1S/C20H21F4N5O3.C4H4N2O/c1-12-10-32-8-7-27(12)16-15(21)17(31)28-11-19(2,20(22,23)24)29(18(28)26-16)9-14(30)13-5-3-4-6-25-13;7-4-1-2-5-3-6-4/h3-6,12H,7-11H2,1-2H3;1-3H,(H,5,6,7)/t12-,19+;/m1./s1. The Morgan fingerprint density at radius 2 is 2.00 bits per heavy atom. The van der Waals surface area contributed by atoms with E-state index in [0.29, 0.717) is 4.57 Å². The first-order chi connectivity index (χ1) is 18.4. The molecular formula is C24H25F4N7O4. The second-order valence-corrected chi connectivity index (χ2v) is 9.16. The summed E-state index contributed by atoms with van der Waals surface area (Å²) in [4.78, 5) is 51.8. The molecule has 0 saturated carbocycles. The predicted molar refractivity (Wildman–Crippen MR) is 131 cm³/mol. The molecule has 11 nitrogen and oxygen atoms in total. The molecule has 0 unspecified atom stereocenters. The predicted octanol–water partition coefficient (Wildman–Crippen LogP) is 1.80. The fraction of sp³-hybridized carbons (Fsp3) is 0.417. The Hall–Kier alpha value is -4.14. The molecule has 0 amide bonds. The molecule has 0 radical (unpaired) electrons. The number of rotatable bonds is 4. The Labute approximate surface area is 219 Å². The number of aromatic nitrogens is 5. The molecule has 0 spiro atoms. The van der Waals surface area contributed by atoms with Crippen LogP contribution in [0.5, 0.6) is 0 Å². The number of carbonyl (C=O) groups excluding carboxylic acids is 1. The number of halogens is 4. The highest BCUT2D eigenvalue weighted by molar-refractivity contribution is 5.97. The number of H-pyrrole nitrogens is 1. The van der Waals surface area contributed by atoms with Gasteiger partial charge in [-0.1, -0.05) is 6.07 Å². The summed E-state index contributed by atoms with van der Waals surface area (Å²) in [6.07, 6.45) is -0.689. The number of alkyl halides is 3. The van der Waals surface area contributed by atoms with Gasteiger partial charge >= 0.3 is 6.18 Å². The molecule has 1 saturated heterocycles. The average Bonchev–Trinajstić information content (AvgIpc) is 3.20. The highest BCUT2D eigenvalue weighted by atomic mass is 19.4. The zero-order chi connectivity index (χ0) is 28.4. The van der Waals surface area contributed by atoms with Crippen molar-refractivity contribution >= 4 is 17.5 Å². The smallest absolute Gasteiger partial charge is 0.377 e. The molecule has 5 heterocycles. The zero-order valence-electron chi connectivity index (χ0n) is 21.0. The van der Waals surface area contributed by atoms with E-state index in [4.69, 9.17) is 4.74 Å². The number of aromatic amines is 1. The molecule has 39 heavy (non-hydrogen) atoms. The third-order valence-corrected chi connectivity index (χ3v) is 6.48. The van der Waals surface area contributed by atoms with Crippen LogP contribution in [0.3, 0.4) is 0 Å². The molecule has 1 N–H and O–H groups in total. The van der Waals surface area contributed by atoms with Crippen LogP contribution in [-0.2, 0) is 11.3 Å². The van der Waals surface area contributed by atoms with Crippen molar-refractivity contribution in [1.29, 1.82) is 0 Å². The largest absolute Gasteiger partial charge is 0.413 e. The van der Waals surface area contributed by atoms with Gasteiger partial charge in [0.15, 0.2) is 17.1 Å². The van der Waals surface area contributed by atoms with Crippen molar-refractivity contribution in [3.05, 3.63) is 75.2 Å². The molecule has 2 atom stereocenters. The number of carbonyl (C=O) groups is 1. The highest BCUT2D eigenvalue weighted by Gasteiger charge is 2.60. The molecule has 0 bridgehead atoms. The minimum Gasteiger partial charge on any atom is -0.377 e. The van der Waals surface area contributed by atoms with E-state index in [1.54, 1.807) is 13.0 Å². The van der Waals surface area contributed by atoms with Crippen molar-refractivity contribution < 1.29 is 27.1 Å². The maximum absolute atomic E-state index is 15.0. The van der Waals surface area contributed by atoms with E-state index in [9.17, 15) is 31.9 Å². The van der Waals surface area contributed by atoms with Gasteiger partial charge in [0.05, 0.1) is 38.7 Å². The fourth-order valence-electron chi connectivity index (χ4n) is 4.25. The van der Waals surface area contributed by atoms with Crippen LogP contribution < -0.4 is 20.9 Å². The maximum atomic E-state index is 15.0. The summed E-state index contributed by atoms with van der Waals surface area (Å²) in [5.74, 6) is -2.67. The lowest BCUT2D eigenvalue weighted by Crippen LogP contribution is -2.57. The number of ketones is 1. The number of hydrogen-bond acceptors (Lipinski definition) is 9. The van der Waals surface area contributed by atoms with E-state index in [-0.39, 0.29) is 42.9 Å². The third-order valence-electron chi connectivity index (χ3n) is 6.48. The third kappa shape index (κ3) is 5.53. The number of ether oxygens (including phenoxy) is 1. The number of anilines is 2. The van der Waals surface area contributed by atoms with E-state index in [1.807, 2.05) is 0 Å². The summed E-state index contributed by atoms with van der Waals surface area (Å²) in [5, 5.41) is 0. The number of Topliss-reactive ketones (excluding diaryl/α,β-unsaturated/α-hetero) is 1. The lowest BCUT2D eigenvalue weighted by molar-refractivity contribution is -0.181. The van der Waals surface area contributed by atoms with Crippen LogP contribution in [0.1, 0.15) is 24.3 Å². The van der Waals surface area contributed by atoms with E-state index in [2.05, 4.69) is 19.9 Å². The Bertz CT molecular complexity index is 1430. The fourth-order valence-corrected chi connectivity index (χ4v) is 4.25. The average molecular weight is 552 g/mol. The number of nitrogens with zero attached hydrogens (tertiary/aromatic N) is 6. The van der Waals surface area contributed by atoms with Gasteiger partial charge in [-0.15, -0.1) is 0 Å². The Kier molecular flexibility index (Phi) is 7.81.